The molecule has 0 saturated heterocycles. The quantitative estimate of drug-likeness (QED) is 0.707. The summed E-state index contributed by atoms with van der Waals surface area (Å²) >= 11 is 8.02. The Morgan fingerprint density at radius 1 is 1.26 bits per heavy atom. The van der Waals surface area contributed by atoms with Gasteiger partial charge < -0.3 is 4.57 Å². The molecular formula is C18H18ClN3S. The monoisotopic (exact) mass is 343 g/mol. The van der Waals surface area contributed by atoms with E-state index in [9.17, 15) is 0 Å². The third-order valence-electron chi connectivity index (χ3n) is 4.55. The van der Waals surface area contributed by atoms with Crippen LogP contribution in [0, 0.1) is 0 Å². The number of aromatic nitrogens is 2. The molecule has 0 amide bonds. The second-order valence-electron chi connectivity index (χ2n) is 5.89. The number of hydrogen-bond donors (Lipinski definition) is 0. The molecule has 5 heteroatoms. The van der Waals surface area contributed by atoms with Gasteiger partial charge in [-0.15, -0.1) is 11.3 Å². The maximum Gasteiger partial charge on any atom is 0.128 e. The van der Waals surface area contributed by atoms with Gasteiger partial charge >= 0.3 is 0 Å². The molecule has 118 valence electrons. The Labute approximate surface area is 145 Å². The van der Waals surface area contributed by atoms with Gasteiger partial charge in [0.1, 0.15) is 11.0 Å². The van der Waals surface area contributed by atoms with E-state index >= 15 is 0 Å². The Morgan fingerprint density at radius 2 is 2.09 bits per heavy atom. The van der Waals surface area contributed by atoms with Crippen LogP contribution in [0.4, 0.5) is 0 Å². The van der Waals surface area contributed by atoms with Crippen LogP contribution in [-0.2, 0) is 20.0 Å². The van der Waals surface area contributed by atoms with Crippen LogP contribution >= 0.6 is 22.9 Å². The van der Waals surface area contributed by atoms with Crippen molar-refractivity contribution in [2.75, 3.05) is 6.54 Å². The highest BCUT2D eigenvalue weighted by Gasteiger charge is 2.30. The number of nitrogens with zero attached hydrogens (tertiary/aromatic N) is 3. The van der Waals surface area contributed by atoms with E-state index < -0.39 is 0 Å². The van der Waals surface area contributed by atoms with Crippen LogP contribution in [-0.4, -0.2) is 21.0 Å². The first-order valence-electron chi connectivity index (χ1n) is 7.75. The van der Waals surface area contributed by atoms with Gasteiger partial charge in [0.15, 0.2) is 0 Å². The van der Waals surface area contributed by atoms with Gasteiger partial charge in [-0.3, -0.25) is 4.90 Å². The second-order valence-corrected chi connectivity index (χ2v) is 7.28. The van der Waals surface area contributed by atoms with E-state index in [1.54, 1.807) is 6.20 Å². The van der Waals surface area contributed by atoms with Crippen LogP contribution in [0.5, 0.6) is 0 Å². The van der Waals surface area contributed by atoms with Crippen LogP contribution in [0.1, 0.15) is 27.9 Å². The Bertz CT molecular complexity index is 809. The van der Waals surface area contributed by atoms with Crippen molar-refractivity contribution in [3.63, 3.8) is 0 Å². The number of hydrogen-bond acceptors (Lipinski definition) is 3. The molecule has 0 bridgehead atoms. The molecule has 0 fully saturated rings. The largest absolute Gasteiger partial charge is 0.321 e. The van der Waals surface area contributed by atoms with Crippen molar-refractivity contribution in [3.05, 3.63) is 75.0 Å². The lowest BCUT2D eigenvalue weighted by molar-refractivity contribution is 0.199. The Kier molecular flexibility index (Phi) is 3.97. The minimum atomic E-state index is 0.293. The maximum absolute atomic E-state index is 6.15. The highest BCUT2D eigenvalue weighted by Crippen LogP contribution is 2.38. The predicted molar refractivity (Wildman–Crippen MR) is 94.9 cm³/mol. The Balaban J connectivity index is 1.72. The number of thiophene rings is 1. The van der Waals surface area contributed by atoms with Crippen molar-refractivity contribution < 1.29 is 0 Å². The summed E-state index contributed by atoms with van der Waals surface area (Å²) in [5.74, 6) is 1.01. The highest BCUT2D eigenvalue weighted by molar-refractivity contribution is 7.10. The first-order chi connectivity index (χ1) is 11.2. The fourth-order valence-corrected chi connectivity index (χ4v) is 4.37. The van der Waals surface area contributed by atoms with Gasteiger partial charge in [-0.1, -0.05) is 41.9 Å². The van der Waals surface area contributed by atoms with E-state index in [4.69, 9.17) is 11.6 Å². The molecule has 1 aliphatic rings. The number of benzene rings is 1. The standard InChI is InChI=1S/C18H18ClN3S/c1-21-16(19)11-20-17(21)12-22-9-7-15-14(8-10-23-15)18(22)13-5-3-2-4-6-13/h2-6,8,10-11,18H,7,9,12H2,1H3/t18-/m0/s1. The van der Waals surface area contributed by atoms with Crippen molar-refractivity contribution in [1.82, 2.24) is 14.5 Å². The van der Waals surface area contributed by atoms with Crippen molar-refractivity contribution in [2.24, 2.45) is 7.05 Å². The van der Waals surface area contributed by atoms with E-state index in [1.165, 1.54) is 16.0 Å². The average molecular weight is 344 g/mol. The molecule has 3 aromatic rings. The summed E-state index contributed by atoms with van der Waals surface area (Å²) in [7, 11) is 1.97. The fraction of sp³-hybridized carbons (Fsp3) is 0.278. The molecule has 0 N–H and O–H groups in total. The lowest BCUT2D eigenvalue weighted by Gasteiger charge is -2.36. The molecule has 2 aromatic heterocycles. The zero-order valence-electron chi connectivity index (χ0n) is 12.9. The summed E-state index contributed by atoms with van der Waals surface area (Å²) in [6.07, 6.45) is 2.84. The lowest BCUT2D eigenvalue weighted by atomic mass is 9.93. The van der Waals surface area contributed by atoms with Gasteiger partial charge in [0.2, 0.25) is 0 Å². The summed E-state index contributed by atoms with van der Waals surface area (Å²) in [6.45, 7) is 1.84. The van der Waals surface area contributed by atoms with E-state index in [1.807, 2.05) is 23.0 Å². The maximum atomic E-state index is 6.15. The molecule has 0 spiro atoms. The van der Waals surface area contributed by atoms with E-state index in [0.29, 0.717) is 11.2 Å². The molecule has 0 aliphatic carbocycles. The second kappa shape index (κ2) is 6.11. The molecule has 23 heavy (non-hydrogen) atoms. The SMILES string of the molecule is Cn1c(Cl)cnc1CN1CCc2sccc2[C@@H]1c1ccccc1. The summed E-state index contributed by atoms with van der Waals surface area (Å²) < 4.78 is 1.97. The summed E-state index contributed by atoms with van der Waals surface area (Å²) in [4.78, 5) is 8.48. The van der Waals surface area contributed by atoms with E-state index in [-0.39, 0.29) is 0 Å². The van der Waals surface area contributed by atoms with Gasteiger partial charge in [0.25, 0.3) is 0 Å². The minimum absolute atomic E-state index is 0.293. The van der Waals surface area contributed by atoms with Crippen molar-refractivity contribution >= 4 is 22.9 Å². The van der Waals surface area contributed by atoms with Crippen LogP contribution in [0.3, 0.4) is 0 Å². The molecule has 3 nitrogen and oxygen atoms in total. The molecule has 0 radical (unpaired) electrons. The van der Waals surface area contributed by atoms with Crippen LogP contribution in [0.15, 0.2) is 48.0 Å². The third-order valence-corrected chi connectivity index (χ3v) is 5.90. The van der Waals surface area contributed by atoms with E-state index in [0.717, 1.165) is 25.3 Å². The van der Waals surface area contributed by atoms with Crippen molar-refractivity contribution in [2.45, 2.75) is 19.0 Å². The van der Waals surface area contributed by atoms with Gasteiger partial charge in [-0.25, -0.2) is 4.98 Å². The average Bonchev–Trinajstić information content (AvgIpc) is 3.17. The number of halogens is 1. The van der Waals surface area contributed by atoms with Crippen LogP contribution < -0.4 is 0 Å². The fourth-order valence-electron chi connectivity index (χ4n) is 3.32. The third kappa shape index (κ3) is 2.71. The van der Waals surface area contributed by atoms with Gasteiger partial charge in [-0.05, 0) is 29.0 Å². The smallest absolute Gasteiger partial charge is 0.128 e. The van der Waals surface area contributed by atoms with E-state index in [2.05, 4.69) is 51.7 Å². The van der Waals surface area contributed by atoms with Crippen LogP contribution in [0.25, 0.3) is 0 Å². The Hall–Kier alpha value is -1.62. The number of rotatable bonds is 3. The summed E-state index contributed by atoms with van der Waals surface area (Å²) in [5, 5.41) is 2.89. The molecule has 0 saturated carbocycles. The molecular weight excluding hydrogens is 326 g/mol. The van der Waals surface area contributed by atoms with Gasteiger partial charge in [-0.2, -0.15) is 0 Å². The molecule has 1 aromatic carbocycles. The molecule has 4 rings (SSSR count). The van der Waals surface area contributed by atoms with Crippen LogP contribution in [0.2, 0.25) is 5.15 Å². The number of imidazole rings is 1. The molecule has 0 unspecified atom stereocenters. The van der Waals surface area contributed by atoms with Crippen molar-refractivity contribution in [1.29, 1.82) is 0 Å². The zero-order valence-corrected chi connectivity index (χ0v) is 14.5. The minimum Gasteiger partial charge on any atom is -0.321 e. The first-order valence-corrected chi connectivity index (χ1v) is 9.01. The molecule has 3 heterocycles. The molecule has 1 aliphatic heterocycles. The Morgan fingerprint density at radius 3 is 2.83 bits per heavy atom. The summed E-state index contributed by atoms with van der Waals surface area (Å²) in [5.41, 5.74) is 2.78. The predicted octanol–water partition coefficient (Wildman–Crippen LogP) is 4.28. The summed E-state index contributed by atoms with van der Waals surface area (Å²) in [6, 6.07) is 13.3. The van der Waals surface area contributed by atoms with Crippen molar-refractivity contribution in [3.8, 4) is 0 Å². The topological polar surface area (TPSA) is 21.1 Å². The molecule has 1 atom stereocenters. The van der Waals surface area contributed by atoms with Gasteiger partial charge in [0, 0.05) is 18.5 Å². The van der Waals surface area contributed by atoms with Gasteiger partial charge in [0.05, 0.1) is 18.8 Å². The lowest BCUT2D eigenvalue weighted by Crippen LogP contribution is -2.35. The normalized spacial score (nSPS) is 18.1. The zero-order chi connectivity index (χ0) is 15.8. The number of fused-ring (bicyclic) bond motifs is 1. The first kappa shape index (κ1) is 14.9. The highest BCUT2D eigenvalue weighted by atomic mass is 35.5.